The van der Waals surface area contributed by atoms with Crippen molar-refractivity contribution in [1.82, 2.24) is 4.57 Å². The van der Waals surface area contributed by atoms with Crippen LogP contribution in [0.1, 0.15) is 5.56 Å². The van der Waals surface area contributed by atoms with Crippen LogP contribution in [0.15, 0.2) is 57.6 Å². The van der Waals surface area contributed by atoms with Crippen molar-refractivity contribution in [3.05, 3.63) is 73.3 Å². The van der Waals surface area contributed by atoms with Crippen LogP contribution in [-0.4, -0.2) is 9.49 Å². The summed E-state index contributed by atoms with van der Waals surface area (Å²) in [5.74, 6) is 0. The number of nitro groups is 1. The number of nitrogens with zero attached hydrogens (tertiary/aromatic N) is 2. The molecule has 0 amide bonds. The molecular formula is C15H10Br2N2O2. The summed E-state index contributed by atoms with van der Waals surface area (Å²) in [5.41, 5.74) is 2.21. The van der Waals surface area contributed by atoms with Crippen LogP contribution in [0.4, 0.5) is 5.69 Å². The van der Waals surface area contributed by atoms with Gasteiger partial charge in [-0.05, 0) is 35.2 Å². The fourth-order valence-electron chi connectivity index (χ4n) is 2.26. The molecule has 21 heavy (non-hydrogen) atoms. The van der Waals surface area contributed by atoms with Crippen LogP contribution in [0.25, 0.3) is 10.9 Å². The maximum absolute atomic E-state index is 10.8. The van der Waals surface area contributed by atoms with E-state index in [2.05, 4.69) is 54.6 Å². The third kappa shape index (κ3) is 2.87. The maximum Gasteiger partial charge on any atom is 0.270 e. The van der Waals surface area contributed by atoms with Gasteiger partial charge in [0.05, 0.1) is 4.92 Å². The summed E-state index contributed by atoms with van der Waals surface area (Å²) in [6.45, 7) is 0.651. The molecule has 0 saturated carbocycles. The minimum absolute atomic E-state index is 0.0886. The third-order valence-corrected chi connectivity index (χ3v) is 4.56. The number of aromatic nitrogens is 1. The van der Waals surface area contributed by atoms with Crippen LogP contribution >= 0.6 is 31.9 Å². The van der Waals surface area contributed by atoms with Crippen LogP contribution in [-0.2, 0) is 6.54 Å². The second kappa shape index (κ2) is 5.61. The minimum atomic E-state index is -0.392. The summed E-state index contributed by atoms with van der Waals surface area (Å²) in [4.78, 5) is 10.4. The Bertz CT molecular complexity index is 843. The van der Waals surface area contributed by atoms with E-state index in [0.717, 1.165) is 25.4 Å². The van der Waals surface area contributed by atoms with Crippen molar-refractivity contribution in [2.45, 2.75) is 6.54 Å². The molecule has 3 rings (SSSR count). The van der Waals surface area contributed by atoms with Gasteiger partial charge in [0, 0.05) is 39.3 Å². The molecule has 6 heteroatoms. The number of hydrogen-bond acceptors (Lipinski definition) is 2. The van der Waals surface area contributed by atoms with Gasteiger partial charge >= 0.3 is 0 Å². The molecule has 0 aliphatic heterocycles. The Balaban J connectivity index is 1.99. The molecule has 4 nitrogen and oxygen atoms in total. The van der Waals surface area contributed by atoms with Crippen molar-refractivity contribution in [2.24, 2.45) is 0 Å². The van der Waals surface area contributed by atoms with Gasteiger partial charge in [0.15, 0.2) is 0 Å². The Morgan fingerprint density at radius 3 is 2.62 bits per heavy atom. The van der Waals surface area contributed by atoms with E-state index in [1.807, 2.05) is 12.3 Å². The van der Waals surface area contributed by atoms with E-state index in [9.17, 15) is 10.1 Å². The highest BCUT2D eigenvalue weighted by molar-refractivity contribution is 9.10. The first kappa shape index (κ1) is 14.3. The number of fused-ring (bicyclic) bond motifs is 1. The Morgan fingerprint density at radius 1 is 1.10 bits per heavy atom. The molecule has 0 atom stereocenters. The molecule has 0 N–H and O–H groups in total. The molecule has 0 bridgehead atoms. The average Bonchev–Trinajstić information content (AvgIpc) is 2.83. The number of nitro benzene ring substituents is 1. The highest BCUT2D eigenvalue weighted by Crippen LogP contribution is 2.26. The van der Waals surface area contributed by atoms with Gasteiger partial charge in [0.2, 0.25) is 0 Å². The molecule has 1 aromatic heterocycles. The average molecular weight is 410 g/mol. The van der Waals surface area contributed by atoms with Crippen molar-refractivity contribution in [2.75, 3.05) is 0 Å². The van der Waals surface area contributed by atoms with Crippen molar-refractivity contribution in [3.8, 4) is 0 Å². The summed E-state index contributed by atoms with van der Waals surface area (Å²) in [6.07, 6.45) is 2.02. The first-order valence-corrected chi connectivity index (χ1v) is 7.80. The normalized spacial score (nSPS) is 11.0. The van der Waals surface area contributed by atoms with Crippen molar-refractivity contribution in [3.63, 3.8) is 0 Å². The first-order chi connectivity index (χ1) is 10.0. The van der Waals surface area contributed by atoms with Gasteiger partial charge < -0.3 is 4.57 Å². The van der Waals surface area contributed by atoms with Gasteiger partial charge in [0.1, 0.15) is 0 Å². The lowest BCUT2D eigenvalue weighted by Gasteiger charge is -2.08. The van der Waals surface area contributed by atoms with Crippen LogP contribution < -0.4 is 0 Å². The fourth-order valence-corrected chi connectivity index (χ4v) is 3.10. The summed E-state index contributed by atoms with van der Waals surface area (Å²) < 4.78 is 3.89. The zero-order valence-corrected chi connectivity index (χ0v) is 14.0. The SMILES string of the molecule is O=[N+]([O-])c1ccc(Cn2ccc3ccc(Br)cc32)c(Br)c1. The maximum atomic E-state index is 10.8. The van der Waals surface area contributed by atoms with Gasteiger partial charge in [-0.1, -0.05) is 37.9 Å². The van der Waals surface area contributed by atoms with E-state index < -0.39 is 4.92 Å². The first-order valence-electron chi connectivity index (χ1n) is 6.22. The molecule has 0 radical (unpaired) electrons. The molecule has 106 valence electrons. The Hall–Kier alpha value is -1.66. The van der Waals surface area contributed by atoms with Gasteiger partial charge in [0.25, 0.3) is 5.69 Å². The molecular weight excluding hydrogens is 400 g/mol. The van der Waals surface area contributed by atoms with Gasteiger partial charge in [-0.15, -0.1) is 0 Å². The zero-order valence-electron chi connectivity index (χ0n) is 10.8. The Kier molecular flexibility index (Phi) is 3.82. The van der Waals surface area contributed by atoms with Crippen LogP contribution in [0, 0.1) is 10.1 Å². The Morgan fingerprint density at radius 2 is 1.90 bits per heavy atom. The van der Waals surface area contributed by atoms with E-state index in [1.54, 1.807) is 6.07 Å². The van der Waals surface area contributed by atoms with E-state index in [0.29, 0.717) is 6.54 Å². The predicted octanol–water partition coefficient (Wildman–Crippen LogP) is 5.12. The summed E-state index contributed by atoms with van der Waals surface area (Å²) in [5, 5.41) is 11.9. The van der Waals surface area contributed by atoms with E-state index >= 15 is 0 Å². The van der Waals surface area contributed by atoms with E-state index in [1.165, 1.54) is 12.1 Å². The molecule has 0 unspecified atom stereocenters. The molecule has 0 fully saturated rings. The molecule has 0 aliphatic carbocycles. The second-order valence-electron chi connectivity index (χ2n) is 4.68. The van der Waals surface area contributed by atoms with Crippen molar-refractivity contribution < 1.29 is 4.92 Å². The molecule has 3 aromatic rings. The number of halogens is 2. The van der Waals surface area contributed by atoms with Crippen LogP contribution in [0.3, 0.4) is 0 Å². The van der Waals surface area contributed by atoms with Crippen molar-refractivity contribution in [1.29, 1.82) is 0 Å². The smallest absolute Gasteiger partial charge is 0.270 e. The number of non-ortho nitro benzene ring substituents is 1. The number of hydrogen-bond donors (Lipinski definition) is 0. The van der Waals surface area contributed by atoms with Gasteiger partial charge in [-0.25, -0.2) is 0 Å². The van der Waals surface area contributed by atoms with Crippen molar-refractivity contribution >= 4 is 48.5 Å². The van der Waals surface area contributed by atoms with Gasteiger partial charge in [-0.3, -0.25) is 10.1 Å². The summed E-state index contributed by atoms with van der Waals surface area (Å²) in [6, 6.07) is 13.0. The lowest BCUT2D eigenvalue weighted by molar-refractivity contribution is -0.384. The molecule has 0 saturated heterocycles. The second-order valence-corrected chi connectivity index (χ2v) is 6.45. The summed E-state index contributed by atoms with van der Waals surface area (Å²) in [7, 11) is 0. The lowest BCUT2D eigenvalue weighted by Crippen LogP contribution is -1.99. The van der Waals surface area contributed by atoms with Crippen LogP contribution in [0.2, 0.25) is 0 Å². The largest absolute Gasteiger partial charge is 0.343 e. The molecule has 2 aromatic carbocycles. The number of benzene rings is 2. The highest BCUT2D eigenvalue weighted by Gasteiger charge is 2.10. The molecule has 1 heterocycles. The molecule has 0 aliphatic rings. The van der Waals surface area contributed by atoms with E-state index in [-0.39, 0.29) is 5.69 Å². The minimum Gasteiger partial charge on any atom is -0.343 e. The lowest BCUT2D eigenvalue weighted by atomic mass is 10.2. The number of rotatable bonds is 3. The fraction of sp³-hybridized carbons (Fsp3) is 0.0667. The third-order valence-electron chi connectivity index (χ3n) is 3.32. The van der Waals surface area contributed by atoms with Gasteiger partial charge in [-0.2, -0.15) is 0 Å². The quantitative estimate of drug-likeness (QED) is 0.445. The van der Waals surface area contributed by atoms with Crippen LogP contribution in [0.5, 0.6) is 0 Å². The monoisotopic (exact) mass is 408 g/mol. The summed E-state index contributed by atoms with van der Waals surface area (Å²) >= 11 is 6.89. The Labute approximate surface area is 137 Å². The topological polar surface area (TPSA) is 48.1 Å². The predicted molar refractivity (Wildman–Crippen MR) is 89.5 cm³/mol. The highest BCUT2D eigenvalue weighted by atomic mass is 79.9. The molecule has 0 spiro atoms. The van der Waals surface area contributed by atoms with E-state index in [4.69, 9.17) is 0 Å². The standard InChI is InChI=1S/C15H10Br2N2O2/c16-12-3-1-10-5-6-18(15(10)7-12)9-11-2-4-13(19(20)21)8-14(11)17/h1-8H,9H2. The zero-order chi connectivity index (χ0) is 15.0.